The number of anilines is 1. The minimum absolute atomic E-state index is 0.108. The van der Waals surface area contributed by atoms with Gasteiger partial charge in [-0.25, -0.2) is 18.1 Å². The number of nitrogens with zero attached hydrogens (tertiary/aromatic N) is 5. The fourth-order valence-electron chi connectivity index (χ4n) is 3.21. The third-order valence-corrected chi connectivity index (χ3v) is 6.77. The summed E-state index contributed by atoms with van der Waals surface area (Å²) >= 11 is 0. The number of aromatic nitrogens is 3. The molecule has 1 aliphatic rings. The van der Waals surface area contributed by atoms with E-state index in [1.54, 1.807) is 11.0 Å². The lowest BCUT2D eigenvalue weighted by Crippen LogP contribution is -2.40. The summed E-state index contributed by atoms with van der Waals surface area (Å²) in [4.78, 5) is 14.8. The molecule has 162 valence electrons. The van der Waals surface area contributed by atoms with Crippen LogP contribution in [0.4, 0.5) is 11.4 Å². The summed E-state index contributed by atoms with van der Waals surface area (Å²) in [5, 5.41) is 18.7. The molecule has 1 aromatic heterocycles. The van der Waals surface area contributed by atoms with E-state index in [2.05, 4.69) is 15.4 Å². The van der Waals surface area contributed by atoms with Crippen LogP contribution < -0.4 is 5.32 Å². The number of rotatable bonds is 7. The Morgan fingerprint density at radius 2 is 1.87 bits per heavy atom. The molecule has 2 aromatic carbocycles. The lowest BCUT2D eigenvalue weighted by molar-refractivity contribution is -0.384. The predicted octanol–water partition coefficient (Wildman–Crippen LogP) is 1.81. The van der Waals surface area contributed by atoms with Crippen LogP contribution >= 0.6 is 0 Å². The maximum Gasteiger partial charge on any atom is 0.293 e. The zero-order chi connectivity index (χ0) is 21.8. The number of hydrogen-bond donors (Lipinski definition) is 1. The molecule has 0 bridgehead atoms. The molecule has 0 unspecified atom stereocenters. The molecule has 0 atom stereocenters. The van der Waals surface area contributed by atoms with Gasteiger partial charge in [0.15, 0.2) is 0 Å². The van der Waals surface area contributed by atoms with Gasteiger partial charge in [-0.2, -0.15) is 9.40 Å². The van der Waals surface area contributed by atoms with Crippen LogP contribution in [0.5, 0.6) is 0 Å². The van der Waals surface area contributed by atoms with Crippen LogP contribution in [0.2, 0.25) is 0 Å². The van der Waals surface area contributed by atoms with E-state index >= 15 is 0 Å². The second-order valence-corrected chi connectivity index (χ2v) is 8.75. The van der Waals surface area contributed by atoms with Gasteiger partial charge in [0.1, 0.15) is 18.3 Å². The van der Waals surface area contributed by atoms with Gasteiger partial charge in [-0.3, -0.25) is 10.1 Å². The molecule has 12 heteroatoms. The van der Waals surface area contributed by atoms with Crippen molar-refractivity contribution in [3.8, 4) is 5.69 Å². The van der Waals surface area contributed by atoms with Gasteiger partial charge in [0.05, 0.1) is 28.7 Å². The molecule has 1 saturated heterocycles. The first kappa shape index (κ1) is 20.9. The van der Waals surface area contributed by atoms with Gasteiger partial charge in [-0.1, -0.05) is 12.1 Å². The molecule has 1 fully saturated rings. The van der Waals surface area contributed by atoms with E-state index in [0.717, 1.165) is 17.3 Å². The van der Waals surface area contributed by atoms with Crippen LogP contribution in [0.1, 0.15) is 5.56 Å². The van der Waals surface area contributed by atoms with Crippen molar-refractivity contribution in [2.24, 2.45) is 0 Å². The molecule has 0 aliphatic carbocycles. The van der Waals surface area contributed by atoms with Crippen molar-refractivity contribution in [2.45, 2.75) is 11.4 Å². The van der Waals surface area contributed by atoms with E-state index in [4.69, 9.17) is 4.74 Å². The van der Waals surface area contributed by atoms with Gasteiger partial charge in [0.2, 0.25) is 10.0 Å². The van der Waals surface area contributed by atoms with Crippen LogP contribution in [-0.2, 0) is 21.3 Å². The fourth-order valence-corrected chi connectivity index (χ4v) is 4.64. The number of benzene rings is 2. The lowest BCUT2D eigenvalue weighted by atomic mass is 10.2. The third kappa shape index (κ3) is 4.55. The van der Waals surface area contributed by atoms with Crippen molar-refractivity contribution < 1.29 is 18.1 Å². The summed E-state index contributed by atoms with van der Waals surface area (Å²) in [5.41, 5.74) is 1.67. The quantitative estimate of drug-likeness (QED) is 0.431. The first-order chi connectivity index (χ1) is 14.9. The molecule has 0 spiro atoms. The van der Waals surface area contributed by atoms with Crippen molar-refractivity contribution in [3.05, 3.63) is 70.8 Å². The number of ether oxygens (including phenoxy) is 1. The van der Waals surface area contributed by atoms with E-state index in [-0.39, 0.29) is 29.4 Å². The van der Waals surface area contributed by atoms with Gasteiger partial charge in [0, 0.05) is 25.7 Å². The van der Waals surface area contributed by atoms with Crippen LogP contribution in [-0.4, -0.2) is 58.7 Å². The minimum atomic E-state index is -3.82. The fraction of sp³-hybridized carbons (Fsp3) is 0.263. The number of nitro benzene ring substituents is 1. The molecule has 0 amide bonds. The Morgan fingerprint density at radius 1 is 1.13 bits per heavy atom. The van der Waals surface area contributed by atoms with Crippen molar-refractivity contribution in [1.82, 2.24) is 19.1 Å². The predicted molar refractivity (Wildman–Crippen MR) is 111 cm³/mol. The minimum Gasteiger partial charge on any atom is -0.379 e. The Balaban J connectivity index is 1.51. The second-order valence-electron chi connectivity index (χ2n) is 6.81. The number of morpholine rings is 1. The van der Waals surface area contributed by atoms with E-state index in [0.29, 0.717) is 19.8 Å². The Morgan fingerprint density at radius 3 is 2.52 bits per heavy atom. The first-order valence-corrected chi connectivity index (χ1v) is 10.9. The maximum absolute atomic E-state index is 12.8. The highest BCUT2D eigenvalue weighted by Gasteiger charge is 2.28. The maximum atomic E-state index is 12.8. The van der Waals surface area contributed by atoms with Gasteiger partial charge in [-0.15, -0.1) is 0 Å². The van der Waals surface area contributed by atoms with E-state index < -0.39 is 14.9 Å². The summed E-state index contributed by atoms with van der Waals surface area (Å²) in [6.07, 6.45) is 3.03. The smallest absolute Gasteiger partial charge is 0.293 e. The third-order valence-electron chi connectivity index (χ3n) is 4.88. The SMILES string of the molecule is O=[N+]([O-])c1cc(S(=O)(=O)N2CCOCC2)ccc1NCc1ccc(-n2cncn2)cc1. The average molecular weight is 444 g/mol. The molecule has 3 aromatic rings. The molecule has 0 saturated carbocycles. The topological polar surface area (TPSA) is 132 Å². The number of hydrogen-bond acceptors (Lipinski definition) is 8. The Labute approximate surface area is 178 Å². The standard InChI is InChI=1S/C19H20N6O5S/c26-25(27)19-11-17(31(28,29)23-7-9-30-10-8-23)5-6-18(19)21-12-15-1-3-16(4-2-15)24-14-20-13-22-24/h1-6,11,13-14,21H,7-10,12H2. The summed E-state index contributed by atoms with van der Waals surface area (Å²) < 4.78 is 33.7. The van der Waals surface area contributed by atoms with Crippen LogP contribution in [0.3, 0.4) is 0 Å². The lowest BCUT2D eigenvalue weighted by Gasteiger charge is -2.26. The molecule has 31 heavy (non-hydrogen) atoms. The van der Waals surface area contributed by atoms with Gasteiger partial charge >= 0.3 is 0 Å². The summed E-state index contributed by atoms with van der Waals surface area (Å²) in [5.74, 6) is 0. The van der Waals surface area contributed by atoms with Gasteiger partial charge in [-0.05, 0) is 29.8 Å². The molecule has 2 heterocycles. The summed E-state index contributed by atoms with van der Waals surface area (Å²) in [7, 11) is -3.82. The number of nitro groups is 1. The van der Waals surface area contributed by atoms with Crippen LogP contribution in [0.25, 0.3) is 5.69 Å². The van der Waals surface area contributed by atoms with E-state index in [9.17, 15) is 18.5 Å². The number of nitrogens with one attached hydrogen (secondary N) is 1. The molecular weight excluding hydrogens is 424 g/mol. The Bertz CT molecular complexity index is 1160. The van der Waals surface area contributed by atoms with Crippen molar-refractivity contribution in [2.75, 3.05) is 31.6 Å². The monoisotopic (exact) mass is 444 g/mol. The molecular formula is C19H20N6O5S. The molecule has 11 nitrogen and oxygen atoms in total. The summed E-state index contributed by atoms with van der Waals surface area (Å²) in [6.45, 7) is 1.38. The van der Waals surface area contributed by atoms with Crippen LogP contribution in [0.15, 0.2) is 60.0 Å². The van der Waals surface area contributed by atoms with E-state index in [1.807, 2.05) is 24.3 Å². The van der Waals surface area contributed by atoms with Gasteiger partial charge in [0.25, 0.3) is 5.69 Å². The second kappa shape index (κ2) is 8.79. The zero-order valence-electron chi connectivity index (χ0n) is 16.4. The van der Waals surface area contributed by atoms with Gasteiger partial charge < -0.3 is 10.1 Å². The van der Waals surface area contributed by atoms with Crippen LogP contribution in [0, 0.1) is 10.1 Å². The highest BCUT2D eigenvalue weighted by Crippen LogP contribution is 2.29. The Hall–Kier alpha value is -3.35. The van der Waals surface area contributed by atoms with Crippen molar-refractivity contribution in [3.63, 3.8) is 0 Å². The summed E-state index contributed by atoms with van der Waals surface area (Å²) in [6, 6.07) is 11.4. The molecule has 1 aliphatic heterocycles. The normalized spacial score (nSPS) is 15.0. The molecule has 1 N–H and O–H groups in total. The molecule has 4 rings (SSSR count). The first-order valence-electron chi connectivity index (χ1n) is 9.49. The molecule has 0 radical (unpaired) electrons. The largest absolute Gasteiger partial charge is 0.379 e. The zero-order valence-corrected chi connectivity index (χ0v) is 17.2. The van der Waals surface area contributed by atoms with E-state index in [1.165, 1.54) is 22.8 Å². The van der Waals surface area contributed by atoms with Crippen molar-refractivity contribution >= 4 is 21.4 Å². The highest BCUT2D eigenvalue weighted by atomic mass is 32.2. The number of sulfonamides is 1. The Kier molecular flexibility index (Phi) is 5.93. The van der Waals surface area contributed by atoms with Crippen molar-refractivity contribution in [1.29, 1.82) is 0 Å². The average Bonchev–Trinajstić information content (AvgIpc) is 3.33. The highest BCUT2D eigenvalue weighted by molar-refractivity contribution is 7.89.